The number of aliphatic hydroxyl groups excluding tert-OH is 1. The van der Waals surface area contributed by atoms with Gasteiger partial charge in [0.05, 0.1) is 23.8 Å². The average molecular weight is 273 g/mol. The van der Waals surface area contributed by atoms with E-state index in [1.807, 2.05) is 6.92 Å². The molecular formula is C13H14F3NO2. The van der Waals surface area contributed by atoms with Crippen molar-refractivity contribution in [3.05, 3.63) is 35.4 Å². The molecule has 0 saturated carbocycles. The molecule has 0 radical (unpaired) electrons. The number of alkyl halides is 3. The first kappa shape index (κ1) is 13.9. The molecule has 6 heteroatoms. The van der Waals surface area contributed by atoms with Gasteiger partial charge in [0, 0.05) is 0 Å². The molecule has 104 valence electrons. The van der Waals surface area contributed by atoms with Crippen molar-refractivity contribution in [1.29, 1.82) is 0 Å². The molecule has 0 spiro atoms. The fraction of sp³-hybridized carbons (Fsp3) is 0.462. The van der Waals surface area contributed by atoms with Crippen LogP contribution in [0.15, 0.2) is 29.4 Å². The van der Waals surface area contributed by atoms with Crippen LogP contribution in [0.3, 0.4) is 0 Å². The van der Waals surface area contributed by atoms with Crippen molar-refractivity contribution in [2.45, 2.75) is 25.6 Å². The van der Waals surface area contributed by atoms with E-state index in [-0.39, 0.29) is 18.6 Å². The largest absolute Gasteiger partial charge is 0.416 e. The van der Waals surface area contributed by atoms with Crippen LogP contribution in [0, 0.1) is 5.92 Å². The first-order valence-corrected chi connectivity index (χ1v) is 5.99. The third kappa shape index (κ3) is 2.73. The summed E-state index contributed by atoms with van der Waals surface area (Å²) in [5, 5.41) is 13.2. The zero-order valence-corrected chi connectivity index (χ0v) is 10.3. The van der Waals surface area contributed by atoms with Crippen molar-refractivity contribution >= 4 is 5.71 Å². The standard InChI is InChI=1S/C13H14F3NO2/c1-2-11-10(7-18)12(17-19-11)8-3-5-9(6-4-8)13(14,15)16/h3-6,10-11,18H,2,7H2,1H3/t10?,11-/m0/s1. The first-order valence-electron chi connectivity index (χ1n) is 5.99. The smallest absolute Gasteiger partial charge is 0.396 e. The second-order valence-corrected chi connectivity index (χ2v) is 4.39. The summed E-state index contributed by atoms with van der Waals surface area (Å²) >= 11 is 0. The zero-order chi connectivity index (χ0) is 14.0. The molecule has 1 aliphatic heterocycles. The minimum absolute atomic E-state index is 0.141. The molecular weight excluding hydrogens is 259 g/mol. The van der Waals surface area contributed by atoms with Crippen molar-refractivity contribution in [2.75, 3.05) is 6.61 Å². The summed E-state index contributed by atoms with van der Waals surface area (Å²) in [7, 11) is 0. The highest BCUT2D eigenvalue weighted by Gasteiger charge is 2.34. The maximum Gasteiger partial charge on any atom is 0.416 e. The molecule has 19 heavy (non-hydrogen) atoms. The van der Waals surface area contributed by atoms with Crippen LogP contribution < -0.4 is 0 Å². The van der Waals surface area contributed by atoms with Crippen LogP contribution in [0.25, 0.3) is 0 Å². The van der Waals surface area contributed by atoms with Gasteiger partial charge in [-0.25, -0.2) is 0 Å². The topological polar surface area (TPSA) is 41.8 Å². The number of halogens is 3. The fourth-order valence-electron chi connectivity index (χ4n) is 2.10. The number of hydrogen-bond donors (Lipinski definition) is 1. The van der Waals surface area contributed by atoms with Crippen LogP contribution in [0.1, 0.15) is 24.5 Å². The summed E-state index contributed by atoms with van der Waals surface area (Å²) in [4.78, 5) is 5.18. The minimum atomic E-state index is -4.35. The van der Waals surface area contributed by atoms with Gasteiger partial charge in [-0.15, -0.1) is 0 Å². The molecule has 0 fully saturated rings. The summed E-state index contributed by atoms with van der Waals surface area (Å²) in [6, 6.07) is 4.72. The van der Waals surface area contributed by atoms with Gasteiger partial charge in [-0.1, -0.05) is 24.2 Å². The van der Waals surface area contributed by atoms with Gasteiger partial charge in [0.25, 0.3) is 0 Å². The summed E-state index contributed by atoms with van der Waals surface area (Å²) < 4.78 is 37.4. The molecule has 1 N–H and O–H groups in total. The molecule has 0 bridgehead atoms. The van der Waals surface area contributed by atoms with Gasteiger partial charge in [-0.3, -0.25) is 0 Å². The van der Waals surface area contributed by atoms with E-state index in [4.69, 9.17) is 4.84 Å². The molecule has 2 atom stereocenters. The Morgan fingerprint density at radius 3 is 2.37 bits per heavy atom. The Labute approximate surface area is 108 Å². The molecule has 1 aromatic carbocycles. The molecule has 1 heterocycles. The monoisotopic (exact) mass is 273 g/mol. The molecule has 0 saturated heterocycles. The van der Waals surface area contributed by atoms with Gasteiger partial charge in [-0.05, 0) is 24.1 Å². The molecule has 2 rings (SSSR count). The first-order chi connectivity index (χ1) is 8.97. The molecule has 0 aliphatic carbocycles. The second-order valence-electron chi connectivity index (χ2n) is 4.39. The highest BCUT2D eigenvalue weighted by Crippen LogP contribution is 2.30. The van der Waals surface area contributed by atoms with Gasteiger partial charge in [-0.2, -0.15) is 13.2 Å². The summed E-state index contributed by atoms with van der Waals surface area (Å²) in [6.45, 7) is 1.76. The Morgan fingerprint density at radius 1 is 1.26 bits per heavy atom. The van der Waals surface area contributed by atoms with Crippen LogP contribution in [0.2, 0.25) is 0 Å². The highest BCUT2D eigenvalue weighted by atomic mass is 19.4. The van der Waals surface area contributed by atoms with Crippen LogP contribution in [0.4, 0.5) is 13.2 Å². The third-order valence-electron chi connectivity index (χ3n) is 3.19. The maximum absolute atomic E-state index is 12.5. The quantitative estimate of drug-likeness (QED) is 0.920. The molecule has 1 unspecified atom stereocenters. The molecule has 0 amide bonds. The van der Waals surface area contributed by atoms with E-state index in [0.717, 1.165) is 12.1 Å². The predicted molar refractivity (Wildman–Crippen MR) is 63.7 cm³/mol. The molecule has 3 nitrogen and oxygen atoms in total. The Bertz CT molecular complexity index is 468. The zero-order valence-electron chi connectivity index (χ0n) is 10.3. The van der Waals surface area contributed by atoms with Crippen molar-refractivity contribution in [1.82, 2.24) is 0 Å². The van der Waals surface area contributed by atoms with Crippen molar-refractivity contribution < 1.29 is 23.1 Å². The van der Waals surface area contributed by atoms with E-state index < -0.39 is 11.7 Å². The number of aliphatic hydroxyl groups is 1. The van der Waals surface area contributed by atoms with Gasteiger partial charge >= 0.3 is 6.18 Å². The Kier molecular flexibility index (Phi) is 3.80. The number of oxime groups is 1. The Hall–Kier alpha value is -1.56. The van der Waals surface area contributed by atoms with Crippen molar-refractivity contribution in [3.8, 4) is 0 Å². The predicted octanol–water partition coefficient (Wildman–Crippen LogP) is 2.83. The number of hydrogen-bond acceptors (Lipinski definition) is 3. The highest BCUT2D eigenvalue weighted by molar-refractivity contribution is 6.03. The van der Waals surface area contributed by atoms with E-state index in [0.29, 0.717) is 17.7 Å². The Balaban J connectivity index is 2.24. The van der Waals surface area contributed by atoms with Crippen LogP contribution in [-0.4, -0.2) is 23.5 Å². The third-order valence-corrected chi connectivity index (χ3v) is 3.19. The van der Waals surface area contributed by atoms with Gasteiger partial charge in [0.2, 0.25) is 0 Å². The van der Waals surface area contributed by atoms with Gasteiger partial charge in [0.15, 0.2) is 0 Å². The lowest BCUT2D eigenvalue weighted by Gasteiger charge is -2.15. The normalized spacial score (nSPS) is 23.1. The van der Waals surface area contributed by atoms with Crippen molar-refractivity contribution in [3.63, 3.8) is 0 Å². The van der Waals surface area contributed by atoms with Gasteiger partial charge in [0.1, 0.15) is 6.10 Å². The number of nitrogens with zero attached hydrogens (tertiary/aromatic N) is 1. The van der Waals surface area contributed by atoms with Crippen LogP contribution >= 0.6 is 0 Å². The summed E-state index contributed by atoms with van der Waals surface area (Å²) in [6.07, 6.45) is -3.89. The van der Waals surface area contributed by atoms with Crippen molar-refractivity contribution in [2.24, 2.45) is 11.1 Å². The molecule has 0 aromatic heterocycles. The van der Waals surface area contributed by atoms with E-state index >= 15 is 0 Å². The van der Waals surface area contributed by atoms with E-state index in [2.05, 4.69) is 5.16 Å². The lowest BCUT2D eigenvalue weighted by molar-refractivity contribution is -0.137. The van der Waals surface area contributed by atoms with Gasteiger partial charge < -0.3 is 9.94 Å². The fourth-order valence-corrected chi connectivity index (χ4v) is 2.10. The second kappa shape index (κ2) is 5.21. The summed E-state index contributed by atoms with van der Waals surface area (Å²) in [5.41, 5.74) is 0.342. The minimum Gasteiger partial charge on any atom is -0.396 e. The van der Waals surface area contributed by atoms with E-state index in [1.54, 1.807) is 0 Å². The molecule has 1 aromatic rings. The Morgan fingerprint density at radius 2 is 1.89 bits per heavy atom. The van der Waals surface area contributed by atoms with E-state index in [9.17, 15) is 18.3 Å². The lowest BCUT2D eigenvalue weighted by Crippen LogP contribution is -2.26. The van der Waals surface area contributed by atoms with Crippen LogP contribution in [0.5, 0.6) is 0 Å². The number of rotatable bonds is 3. The number of benzene rings is 1. The SMILES string of the molecule is CC[C@@H]1ON=C(c2ccc(C(F)(F)F)cc2)C1CO. The maximum atomic E-state index is 12.5. The average Bonchev–Trinajstić information content (AvgIpc) is 2.80. The van der Waals surface area contributed by atoms with E-state index in [1.165, 1.54) is 12.1 Å². The summed E-state index contributed by atoms with van der Waals surface area (Å²) in [5.74, 6) is -0.290. The lowest BCUT2D eigenvalue weighted by atomic mass is 9.91. The molecule has 1 aliphatic rings. The van der Waals surface area contributed by atoms with Crippen LogP contribution in [-0.2, 0) is 11.0 Å².